The van der Waals surface area contributed by atoms with Gasteiger partial charge in [-0.3, -0.25) is 14.5 Å². The molecule has 1 atom stereocenters. The number of hydrogen-bond donors (Lipinski definition) is 1. The predicted octanol–water partition coefficient (Wildman–Crippen LogP) is 3.17. The van der Waals surface area contributed by atoms with Gasteiger partial charge in [-0.1, -0.05) is 25.1 Å². The summed E-state index contributed by atoms with van der Waals surface area (Å²) in [6.07, 6.45) is 0.825. The molecule has 7 heteroatoms. The quantitative estimate of drug-likeness (QED) is 0.613. The van der Waals surface area contributed by atoms with Crippen LogP contribution in [0, 0.1) is 0 Å². The van der Waals surface area contributed by atoms with Crippen molar-refractivity contribution >= 4 is 16.9 Å². The molecule has 0 aliphatic carbocycles. The molecule has 32 heavy (non-hydrogen) atoms. The number of rotatable bonds is 7. The topological polar surface area (TPSA) is 81.0 Å². The number of morpholine rings is 1. The Balaban J connectivity index is 1.54. The molecule has 1 fully saturated rings. The SMILES string of the molecule is CCc1ccc2oc(C(=O)NCC(c3ccc(OC)cc3)N3CCOCC3)cc(=O)c2c1. The van der Waals surface area contributed by atoms with Gasteiger partial charge in [-0.15, -0.1) is 0 Å². The van der Waals surface area contributed by atoms with E-state index in [2.05, 4.69) is 10.2 Å². The van der Waals surface area contributed by atoms with Gasteiger partial charge in [0.2, 0.25) is 0 Å². The maximum absolute atomic E-state index is 12.9. The van der Waals surface area contributed by atoms with Crippen molar-refractivity contribution in [1.82, 2.24) is 10.2 Å². The zero-order chi connectivity index (χ0) is 22.5. The third-order valence-corrected chi connectivity index (χ3v) is 5.87. The van der Waals surface area contributed by atoms with E-state index in [0.717, 1.165) is 36.4 Å². The molecule has 0 bridgehead atoms. The number of carbonyl (C=O) groups excluding carboxylic acids is 1. The summed E-state index contributed by atoms with van der Waals surface area (Å²) in [5, 5.41) is 3.44. The van der Waals surface area contributed by atoms with Crippen molar-refractivity contribution in [2.24, 2.45) is 0 Å². The fourth-order valence-corrected chi connectivity index (χ4v) is 3.98. The van der Waals surface area contributed by atoms with Crippen molar-refractivity contribution in [3.63, 3.8) is 0 Å². The standard InChI is InChI=1S/C25H28N2O5/c1-3-17-4-9-23-20(14-17)22(28)15-24(32-23)25(29)26-16-21(27-10-12-31-13-11-27)18-5-7-19(30-2)8-6-18/h4-9,14-15,21H,3,10-13,16H2,1-2H3,(H,26,29). The number of benzene rings is 2. The Morgan fingerprint density at radius 3 is 2.56 bits per heavy atom. The van der Waals surface area contributed by atoms with Gasteiger partial charge in [-0.2, -0.15) is 0 Å². The Kier molecular flexibility index (Phi) is 6.87. The average Bonchev–Trinajstić information content (AvgIpc) is 2.84. The third-order valence-electron chi connectivity index (χ3n) is 5.87. The van der Waals surface area contributed by atoms with Crippen molar-refractivity contribution in [2.75, 3.05) is 40.0 Å². The first-order valence-corrected chi connectivity index (χ1v) is 10.9. The fraction of sp³-hybridized carbons (Fsp3) is 0.360. The molecule has 1 amide bonds. The summed E-state index contributed by atoms with van der Waals surface area (Å²) in [5.41, 5.74) is 2.32. The molecule has 1 aliphatic heterocycles. The molecule has 2 aromatic carbocycles. The molecule has 0 saturated carbocycles. The van der Waals surface area contributed by atoms with E-state index in [9.17, 15) is 9.59 Å². The molecule has 1 aliphatic rings. The van der Waals surface area contributed by atoms with Gasteiger partial charge in [-0.05, 0) is 41.8 Å². The van der Waals surface area contributed by atoms with Gasteiger partial charge in [0.05, 0.1) is 31.8 Å². The van der Waals surface area contributed by atoms with Gasteiger partial charge in [0, 0.05) is 25.7 Å². The Morgan fingerprint density at radius 2 is 1.88 bits per heavy atom. The summed E-state index contributed by atoms with van der Waals surface area (Å²) < 4.78 is 16.5. The van der Waals surface area contributed by atoms with E-state index in [1.807, 2.05) is 43.3 Å². The molecule has 1 unspecified atom stereocenters. The molecule has 4 rings (SSSR count). The van der Waals surface area contributed by atoms with Crippen molar-refractivity contribution in [3.05, 3.63) is 75.6 Å². The first-order chi connectivity index (χ1) is 15.6. The second kappa shape index (κ2) is 9.97. The highest BCUT2D eigenvalue weighted by Crippen LogP contribution is 2.24. The summed E-state index contributed by atoms with van der Waals surface area (Å²) in [4.78, 5) is 27.7. The molecular weight excluding hydrogens is 408 g/mol. The lowest BCUT2D eigenvalue weighted by Crippen LogP contribution is -2.43. The lowest BCUT2D eigenvalue weighted by molar-refractivity contribution is 0.0161. The maximum atomic E-state index is 12.9. The summed E-state index contributed by atoms with van der Waals surface area (Å²) in [5.74, 6) is 0.389. The Hall–Kier alpha value is -3.16. The molecular formula is C25H28N2O5. The van der Waals surface area contributed by atoms with Crippen molar-refractivity contribution in [3.8, 4) is 5.75 Å². The van der Waals surface area contributed by atoms with E-state index in [-0.39, 0.29) is 17.2 Å². The van der Waals surface area contributed by atoms with Crippen LogP contribution in [-0.4, -0.2) is 50.8 Å². The number of amides is 1. The van der Waals surface area contributed by atoms with Gasteiger partial charge in [-0.25, -0.2) is 0 Å². The van der Waals surface area contributed by atoms with Crippen molar-refractivity contribution < 1.29 is 18.7 Å². The minimum Gasteiger partial charge on any atom is -0.497 e. The molecule has 0 radical (unpaired) electrons. The number of fused-ring (bicyclic) bond motifs is 1. The van der Waals surface area contributed by atoms with E-state index in [4.69, 9.17) is 13.9 Å². The van der Waals surface area contributed by atoms with Crippen molar-refractivity contribution in [2.45, 2.75) is 19.4 Å². The lowest BCUT2D eigenvalue weighted by Gasteiger charge is -2.35. The number of nitrogens with zero attached hydrogens (tertiary/aromatic N) is 1. The number of methoxy groups -OCH3 is 1. The molecule has 1 N–H and O–H groups in total. The highest BCUT2D eigenvalue weighted by atomic mass is 16.5. The zero-order valence-electron chi connectivity index (χ0n) is 18.4. The molecule has 3 aromatic rings. The number of ether oxygens (including phenoxy) is 2. The number of nitrogens with one attached hydrogen (secondary N) is 1. The monoisotopic (exact) mass is 436 g/mol. The van der Waals surface area contributed by atoms with E-state index in [1.54, 1.807) is 13.2 Å². The summed E-state index contributed by atoms with van der Waals surface area (Å²) in [6, 6.07) is 14.6. The second-order valence-electron chi connectivity index (χ2n) is 7.81. The van der Waals surface area contributed by atoms with Crippen LogP contribution >= 0.6 is 0 Å². The largest absolute Gasteiger partial charge is 0.497 e. The van der Waals surface area contributed by atoms with E-state index in [1.165, 1.54) is 6.07 Å². The van der Waals surface area contributed by atoms with Gasteiger partial charge in [0.25, 0.3) is 5.91 Å². The fourth-order valence-electron chi connectivity index (χ4n) is 3.98. The van der Waals surface area contributed by atoms with Crippen LogP contribution in [0.4, 0.5) is 0 Å². The van der Waals surface area contributed by atoms with Crippen LogP contribution < -0.4 is 15.5 Å². The van der Waals surface area contributed by atoms with Crippen LogP contribution in [0.2, 0.25) is 0 Å². The normalized spacial score (nSPS) is 15.4. The molecule has 0 spiro atoms. The summed E-state index contributed by atoms with van der Waals surface area (Å²) in [7, 11) is 1.63. The molecule has 168 valence electrons. The highest BCUT2D eigenvalue weighted by molar-refractivity contribution is 5.93. The summed E-state index contributed by atoms with van der Waals surface area (Å²) in [6.45, 7) is 5.26. The van der Waals surface area contributed by atoms with Gasteiger partial charge < -0.3 is 19.2 Å². The predicted molar refractivity (Wildman–Crippen MR) is 122 cm³/mol. The van der Waals surface area contributed by atoms with Crippen LogP contribution in [0.15, 0.2) is 57.7 Å². The van der Waals surface area contributed by atoms with Gasteiger partial charge >= 0.3 is 0 Å². The van der Waals surface area contributed by atoms with Crippen molar-refractivity contribution in [1.29, 1.82) is 0 Å². The molecule has 1 aromatic heterocycles. The van der Waals surface area contributed by atoms with Gasteiger partial charge in [0.1, 0.15) is 11.3 Å². The van der Waals surface area contributed by atoms with Crippen LogP contribution in [0.1, 0.15) is 34.6 Å². The minimum absolute atomic E-state index is 0.0159. The highest BCUT2D eigenvalue weighted by Gasteiger charge is 2.24. The van der Waals surface area contributed by atoms with Crippen LogP contribution in [0.5, 0.6) is 5.75 Å². The Labute approximate surface area is 186 Å². The van der Waals surface area contributed by atoms with E-state index in [0.29, 0.717) is 30.7 Å². The second-order valence-corrected chi connectivity index (χ2v) is 7.81. The maximum Gasteiger partial charge on any atom is 0.287 e. The molecule has 1 saturated heterocycles. The van der Waals surface area contributed by atoms with E-state index < -0.39 is 5.91 Å². The summed E-state index contributed by atoms with van der Waals surface area (Å²) >= 11 is 0. The Morgan fingerprint density at radius 1 is 1.12 bits per heavy atom. The van der Waals surface area contributed by atoms with Crippen LogP contribution in [-0.2, 0) is 11.2 Å². The number of aryl methyl sites for hydroxylation is 1. The first kappa shape index (κ1) is 22.0. The first-order valence-electron chi connectivity index (χ1n) is 10.9. The third kappa shape index (κ3) is 4.84. The van der Waals surface area contributed by atoms with E-state index >= 15 is 0 Å². The van der Waals surface area contributed by atoms with Gasteiger partial charge in [0.15, 0.2) is 11.2 Å². The van der Waals surface area contributed by atoms with Crippen LogP contribution in [0.25, 0.3) is 11.0 Å². The number of carbonyl (C=O) groups is 1. The molecule has 7 nitrogen and oxygen atoms in total. The minimum atomic E-state index is -0.407. The zero-order valence-corrected chi connectivity index (χ0v) is 18.4. The average molecular weight is 437 g/mol. The van der Waals surface area contributed by atoms with Crippen LogP contribution in [0.3, 0.4) is 0 Å². The molecule has 2 heterocycles. The Bertz CT molecular complexity index is 1130. The smallest absolute Gasteiger partial charge is 0.287 e. The number of hydrogen-bond acceptors (Lipinski definition) is 6. The lowest BCUT2D eigenvalue weighted by atomic mass is 10.0.